The van der Waals surface area contributed by atoms with Crippen LogP contribution in [-0.2, 0) is 24.3 Å². The Morgan fingerprint density at radius 2 is 2.00 bits per heavy atom. The molecule has 0 spiro atoms. The fourth-order valence-corrected chi connectivity index (χ4v) is 4.52. The van der Waals surface area contributed by atoms with Gasteiger partial charge in [0.1, 0.15) is 6.04 Å². The molecule has 1 saturated heterocycles. The number of aryl methyl sites for hydroxylation is 1. The van der Waals surface area contributed by atoms with E-state index in [1.165, 1.54) is 37.4 Å². The highest BCUT2D eigenvalue weighted by molar-refractivity contribution is 7.89. The fourth-order valence-electron chi connectivity index (χ4n) is 3.38. The molecule has 0 radical (unpaired) electrons. The third-order valence-corrected chi connectivity index (χ3v) is 7.05. The average Bonchev–Trinajstić information content (AvgIpc) is 3.45. The first kappa shape index (κ1) is 23.5. The third-order valence-electron chi connectivity index (χ3n) is 5.09. The fraction of sp³-hybridized carbons (Fsp3) is 0.381. The Morgan fingerprint density at radius 3 is 2.66 bits per heavy atom. The zero-order valence-electron chi connectivity index (χ0n) is 18.0. The average molecular weight is 464 g/mol. The van der Waals surface area contributed by atoms with Gasteiger partial charge in [-0.2, -0.15) is 0 Å². The lowest BCUT2D eigenvalue weighted by Crippen LogP contribution is -2.42. The van der Waals surface area contributed by atoms with Gasteiger partial charge in [-0.15, -0.1) is 0 Å². The highest BCUT2D eigenvalue weighted by Gasteiger charge is 2.36. The lowest BCUT2D eigenvalue weighted by atomic mass is 10.2. The van der Waals surface area contributed by atoms with E-state index in [1.807, 2.05) is 0 Å². The molecular weight excluding hydrogens is 438 g/mol. The maximum Gasteiger partial charge on any atom is 0.329 e. The summed E-state index contributed by atoms with van der Waals surface area (Å²) >= 11 is 0. The number of amides is 2. The van der Waals surface area contributed by atoms with E-state index in [-0.39, 0.29) is 16.3 Å². The van der Waals surface area contributed by atoms with E-state index in [9.17, 15) is 22.8 Å². The molecule has 32 heavy (non-hydrogen) atoms. The normalized spacial score (nSPS) is 16.2. The summed E-state index contributed by atoms with van der Waals surface area (Å²) in [7, 11) is -0.846. The number of esters is 1. The van der Waals surface area contributed by atoms with E-state index in [0.717, 1.165) is 4.31 Å². The number of carbonyl (C=O) groups is 3. The Labute approximate surface area is 186 Å². The van der Waals surface area contributed by atoms with Gasteiger partial charge < -0.3 is 19.4 Å². The molecule has 11 heteroatoms. The van der Waals surface area contributed by atoms with Crippen LogP contribution >= 0.6 is 0 Å². The van der Waals surface area contributed by atoms with Crippen LogP contribution in [0.1, 0.15) is 29.0 Å². The van der Waals surface area contributed by atoms with Gasteiger partial charge in [0.05, 0.1) is 11.2 Å². The zero-order valence-corrected chi connectivity index (χ0v) is 18.8. The maximum atomic E-state index is 12.5. The van der Waals surface area contributed by atoms with Crippen molar-refractivity contribution in [3.05, 3.63) is 47.9 Å². The van der Waals surface area contributed by atoms with Crippen LogP contribution in [0.15, 0.2) is 45.9 Å². The van der Waals surface area contributed by atoms with E-state index in [4.69, 9.17) is 9.15 Å². The van der Waals surface area contributed by atoms with Crippen LogP contribution in [0.2, 0.25) is 0 Å². The molecule has 1 aromatic heterocycles. The molecule has 1 aliphatic heterocycles. The Hall–Kier alpha value is -3.18. The van der Waals surface area contributed by atoms with Gasteiger partial charge in [-0.25, -0.2) is 17.5 Å². The summed E-state index contributed by atoms with van der Waals surface area (Å²) in [5.41, 5.74) is 0.790. The van der Waals surface area contributed by atoms with Crippen molar-refractivity contribution in [2.24, 2.45) is 0 Å². The van der Waals surface area contributed by atoms with Crippen molar-refractivity contribution in [3.8, 4) is 0 Å². The van der Waals surface area contributed by atoms with E-state index in [1.54, 1.807) is 25.1 Å². The highest BCUT2D eigenvalue weighted by atomic mass is 32.2. The van der Waals surface area contributed by atoms with E-state index >= 15 is 0 Å². The minimum absolute atomic E-state index is 0.0651. The van der Waals surface area contributed by atoms with Gasteiger partial charge in [0.2, 0.25) is 10.0 Å². The minimum atomic E-state index is -3.68. The number of furan rings is 1. The number of hydrogen-bond donors (Lipinski definition) is 1. The second-order valence-electron chi connectivity index (χ2n) is 7.56. The molecule has 10 nitrogen and oxygen atoms in total. The largest absolute Gasteiger partial charge is 0.459 e. The lowest BCUT2D eigenvalue weighted by Gasteiger charge is -2.22. The molecule has 1 atom stereocenters. The van der Waals surface area contributed by atoms with Crippen molar-refractivity contribution in [1.29, 1.82) is 0 Å². The van der Waals surface area contributed by atoms with Crippen LogP contribution in [0.3, 0.4) is 0 Å². The molecule has 0 bridgehead atoms. The molecule has 0 saturated carbocycles. The van der Waals surface area contributed by atoms with Crippen LogP contribution in [0, 0.1) is 6.92 Å². The lowest BCUT2D eigenvalue weighted by molar-refractivity contribution is -0.151. The smallest absolute Gasteiger partial charge is 0.329 e. The molecule has 0 aliphatic carbocycles. The van der Waals surface area contributed by atoms with Crippen LogP contribution in [0.5, 0.6) is 0 Å². The summed E-state index contributed by atoms with van der Waals surface area (Å²) < 4.78 is 36.2. The van der Waals surface area contributed by atoms with Crippen LogP contribution in [-0.4, -0.2) is 68.7 Å². The minimum Gasteiger partial charge on any atom is -0.459 e. The summed E-state index contributed by atoms with van der Waals surface area (Å²) in [5.74, 6) is -1.59. The van der Waals surface area contributed by atoms with E-state index < -0.39 is 40.5 Å². The summed E-state index contributed by atoms with van der Waals surface area (Å²) in [5, 5.41) is 2.53. The van der Waals surface area contributed by atoms with Gasteiger partial charge in [0.25, 0.3) is 11.8 Å². The predicted molar refractivity (Wildman–Crippen MR) is 114 cm³/mol. The number of hydrogen-bond acceptors (Lipinski definition) is 7. The van der Waals surface area contributed by atoms with Gasteiger partial charge in [0, 0.05) is 26.3 Å². The van der Waals surface area contributed by atoms with Gasteiger partial charge >= 0.3 is 5.97 Å². The van der Waals surface area contributed by atoms with E-state index in [0.29, 0.717) is 24.9 Å². The second kappa shape index (κ2) is 9.53. The van der Waals surface area contributed by atoms with Gasteiger partial charge in [0.15, 0.2) is 12.4 Å². The first-order valence-electron chi connectivity index (χ1n) is 9.95. The highest BCUT2D eigenvalue weighted by Crippen LogP contribution is 2.23. The molecule has 2 amide bonds. The molecule has 1 N–H and O–H groups in total. The summed E-state index contributed by atoms with van der Waals surface area (Å²) in [6, 6.07) is 6.80. The molecule has 1 aliphatic rings. The number of ether oxygens (including phenoxy) is 1. The number of carbonyl (C=O) groups excluding carboxylic acids is 3. The van der Waals surface area contributed by atoms with Gasteiger partial charge in [-0.3, -0.25) is 9.59 Å². The predicted octanol–water partition coefficient (Wildman–Crippen LogP) is 1.62. The molecule has 172 valence electrons. The second-order valence-corrected chi connectivity index (χ2v) is 9.68. The number of benzene rings is 1. The number of likely N-dealkylation sites (tertiary alicyclic amines) is 1. The molecule has 2 heterocycles. The molecule has 1 fully saturated rings. The Bertz CT molecular complexity index is 1110. The SMILES string of the molecule is Cc1ccc(NC(=O)COC(=O)C2CCCN2C(=O)c2ccco2)cc1S(=O)(=O)N(C)C. The van der Waals surface area contributed by atoms with Crippen LogP contribution in [0.4, 0.5) is 5.69 Å². The Balaban J connectivity index is 1.60. The van der Waals surface area contributed by atoms with Crippen molar-refractivity contribution in [2.45, 2.75) is 30.7 Å². The van der Waals surface area contributed by atoms with Crippen molar-refractivity contribution in [1.82, 2.24) is 9.21 Å². The number of rotatable bonds is 7. The van der Waals surface area contributed by atoms with Gasteiger partial charge in [-0.05, 0) is 49.6 Å². The third kappa shape index (κ3) is 5.00. The summed E-state index contributed by atoms with van der Waals surface area (Å²) in [6.07, 6.45) is 2.43. The van der Waals surface area contributed by atoms with Gasteiger partial charge in [-0.1, -0.05) is 6.07 Å². The summed E-state index contributed by atoms with van der Waals surface area (Å²) in [4.78, 5) is 38.7. The maximum absolute atomic E-state index is 12.5. The standard InChI is InChI=1S/C21H25N3O7S/c1-14-8-9-15(12-18(14)32(28,29)23(2)3)22-19(25)13-31-21(27)16-6-4-10-24(16)20(26)17-7-5-11-30-17/h5,7-9,11-12,16H,4,6,10,13H2,1-3H3,(H,22,25). The number of sulfonamides is 1. The summed E-state index contributed by atoms with van der Waals surface area (Å²) in [6.45, 7) is 1.47. The first-order valence-corrected chi connectivity index (χ1v) is 11.4. The molecule has 2 aromatic rings. The Morgan fingerprint density at radius 1 is 1.25 bits per heavy atom. The molecular formula is C21H25N3O7S. The molecule has 3 rings (SSSR count). The molecule has 1 unspecified atom stereocenters. The van der Waals surface area contributed by atoms with Crippen molar-refractivity contribution >= 4 is 33.5 Å². The van der Waals surface area contributed by atoms with Crippen molar-refractivity contribution in [3.63, 3.8) is 0 Å². The quantitative estimate of drug-likeness (QED) is 0.619. The zero-order chi connectivity index (χ0) is 23.5. The number of nitrogens with zero attached hydrogens (tertiary/aromatic N) is 2. The number of nitrogens with one attached hydrogen (secondary N) is 1. The number of anilines is 1. The van der Waals surface area contributed by atoms with E-state index in [2.05, 4.69) is 5.32 Å². The monoisotopic (exact) mass is 463 g/mol. The molecule has 1 aromatic carbocycles. The van der Waals surface area contributed by atoms with Crippen LogP contribution < -0.4 is 5.32 Å². The first-order chi connectivity index (χ1) is 15.1. The van der Waals surface area contributed by atoms with Crippen molar-refractivity contribution in [2.75, 3.05) is 32.6 Å². The topological polar surface area (TPSA) is 126 Å². The van der Waals surface area contributed by atoms with Crippen LogP contribution in [0.25, 0.3) is 0 Å². The Kier molecular flexibility index (Phi) is 6.99. The van der Waals surface area contributed by atoms with Crippen molar-refractivity contribution < 1.29 is 32.0 Å².